The maximum absolute atomic E-state index is 12.5. The maximum Gasteiger partial charge on any atom is 0.293 e. The third-order valence-electron chi connectivity index (χ3n) is 3.53. The van der Waals surface area contributed by atoms with Crippen LogP contribution in [-0.2, 0) is 9.53 Å². The van der Waals surface area contributed by atoms with Gasteiger partial charge in [0.05, 0.1) is 15.1 Å². The van der Waals surface area contributed by atoms with Crippen LogP contribution in [-0.4, -0.2) is 49.5 Å². The molecule has 0 aliphatic carbocycles. The highest BCUT2D eigenvalue weighted by Gasteiger charge is 2.34. The van der Waals surface area contributed by atoms with Gasteiger partial charge in [0, 0.05) is 20.3 Å². The second-order valence-corrected chi connectivity index (χ2v) is 7.59. The van der Waals surface area contributed by atoms with E-state index < -0.39 is 0 Å². The molecule has 1 saturated heterocycles. The van der Waals surface area contributed by atoms with Crippen molar-refractivity contribution in [2.24, 2.45) is 0 Å². The van der Waals surface area contributed by atoms with E-state index >= 15 is 0 Å². The van der Waals surface area contributed by atoms with Gasteiger partial charge in [0.15, 0.2) is 11.5 Å². The zero-order valence-corrected chi connectivity index (χ0v) is 18.1. The van der Waals surface area contributed by atoms with Crippen LogP contribution < -0.4 is 9.47 Å². The van der Waals surface area contributed by atoms with Crippen LogP contribution in [0.15, 0.2) is 17.0 Å². The number of halogens is 1. The Morgan fingerprint density at radius 1 is 1.33 bits per heavy atom. The molecule has 8 heteroatoms. The molecule has 0 spiro atoms. The van der Waals surface area contributed by atoms with E-state index in [9.17, 15) is 9.59 Å². The number of ether oxygens (including phenoxy) is 3. The predicted octanol–water partition coefficient (Wildman–Crippen LogP) is 3.77. The lowest BCUT2D eigenvalue weighted by molar-refractivity contribution is -0.122. The van der Waals surface area contributed by atoms with Crippen molar-refractivity contribution in [3.8, 4) is 23.8 Å². The van der Waals surface area contributed by atoms with Crippen molar-refractivity contribution < 1.29 is 23.8 Å². The lowest BCUT2D eigenvalue weighted by atomic mass is 10.2. The number of carbonyl (C=O) groups excluding carboxylic acids is 2. The summed E-state index contributed by atoms with van der Waals surface area (Å²) in [5.74, 6) is 3.26. The molecule has 6 nitrogen and oxygen atoms in total. The quantitative estimate of drug-likeness (QED) is 0.222. The second kappa shape index (κ2) is 10.6. The Kier molecular flexibility index (Phi) is 8.47. The van der Waals surface area contributed by atoms with E-state index in [1.807, 2.05) is 13.0 Å². The first kappa shape index (κ1) is 21.6. The van der Waals surface area contributed by atoms with E-state index in [0.717, 1.165) is 20.9 Å². The summed E-state index contributed by atoms with van der Waals surface area (Å²) in [7, 11) is 1.59. The standard InChI is InChI=1S/C19H20INO5S/c1-4-8-26-17-14(20)10-13(11-15(17)25-5-2)12-16-18(22)21(19(23)27-16)7-6-9-24-3/h1,10-12H,5-9H2,2-3H3/b16-12+. The number of imide groups is 1. The van der Waals surface area contributed by atoms with Gasteiger partial charge in [-0.15, -0.1) is 6.42 Å². The Hall–Kier alpha value is -1.70. The average Bonchev–Trinajstić information content (AvgIpc) is 2.89. The smallest absolute Gasteiger partial charge is 0.293 e. The van der Waals surface area contributed by atoms with Crippen molar-refractivity contribution in [3.05, 3.63) is 26.2 Å². The zero-order valence-electron chi connectivity index (χ0n) is 15.1. The van der Waals surface area contributed by atoms with Gasteiger partial charge in [-0.05, 0) is 71.5 Å². The van der Waals surface area contributed by atoms with Gasteiger partial charge in [-0.3, -0.25) is 14.5 Å². The van der Waals surface area contributed by atoms with Crippen molar-refractivity contribution >= 4 is 51.6 Å². The zero-order chi connectivity index (χ0) is 19.8. The molecule has 144 valence electrons. The fraction of sp³-hybridized carbons (Fsp3) is 0.368. The summed E-state index contributed by atoms with van der Waals surface area (Å²) in [5.41, 5.74) is 0.748. The molecule has 0 saturated carbocycles. The third kappa shape index (κ3) is 5.64. The minimum absolute atomic E-state index is 0.135. The maximum atomic E-state index is 12.5. The van der Waals surface area contributed by atoms with E-state index in [0.29, 0.717) is 42.6 Å². The summed E-state index contributed by atoms with van der Waals surface area (Å²) >= 11 is 3.06. The summed E-state index contributed by atoms with van der Waals surface area (Å²) in [6.07, 6.45) is 7.56. The molecule has 1 heterocycles. The lowest BCUT2D eigenvalue weighted by Crippen LogP contribution is -2.29. The van der Waals surface area contributed by atoms with Gasteiger partial charge in [-0.1, -0.05) is 5.92 Å². The first-order valence-corrected chi connectivity index (χ1v) is 10.2. The van der Waals surface area contributed by atoms with E-state index in [2.05, 4.69) is 28.5 Å². The molecule has 1 fully saturated rings. The molecule has 0 bridgehead atoms. The summed E-state index contributed by atoms with van der Waals surface area (Å²) < 4.78 is 17.0. The third-order valence-corrected chi connectivity index (χ3v) is 5.24. The first-order chi connectivity index (χ1) is 13.0. The number of nitrogens with zero attached hydrogens (tertiary/aromatic N) is 1. The Labute approximate surface area is 176 Å². The highest BCUT2D eigenvalue weighted by atomic mass is 127. The van der Waals surface area contributed by atoms with Crippen LogP contribution in [0.4, 0.5) is 4.79 Å². The number of benzene rings is 1. The molecule has 1 aliphatic rings. The molecular formula is C19H20INO5S. The molecule has 2 rings (SSSR count). The molecule has 0 N–H and O–H groups in total. The normalized spacial score (nSPS) is 15.3. The van der Waals surface area contributed by atoms with Gasteiger partial charge in [0.2, 0.25) is 0 Å². The van der Waals surface area contributed by atoms with Crippen molar-refractivity contribution in [2.45, 2.75) is 13.3 Å². The van der Waals surface area contributed by atoms with Gasteiger partial charge in [0.1, 0.15) is 6.61 Å². The van der Waals surface area contributed by atoms with Crippen molar-refractivity contribution in [1.29, 1.82) is 0 Å². The van der Waals surface area contributed by atoms with Crippen LogP contribution in [0.3, 0.4) is 0 Å². The van der Waals surface area contributed by atoms with Crippen LogP contribution in [0, 0.1) is 15.9 Å². The molecule has 0 aromatic heterocycles. The number of hydrogen-bond acceptors (Lipinski definition) is 6. The number of thioether (sulfide) groups is 1. The Balaban J connectivity index is 2.26. The highest BCUT2D eigenvalue weighted by Crippen LogP contribution is 2.37. The van der Waals surface area contributed by atoms with E-state index in [-0.39, 0.29) is 17.8 Å². The lowest BCUT2D eigenvalue weighted by Gasteiger charge is -2.13. The molecule has 1 aliphatic heterocycles. The number of terminal acetylenes is 1. The molecule has 2 amide bonds. The van der Waals surface area contributed by atoms with Gasteiger partial charge >= 0.3 is 0 Å². The fourth-order valence-corrected chi connectivity index (χ4v) is 4.05. The monoisotopic (exact) mass is 501 g/mol. The van der Waals surface area contributed by atoms with E-state index in [1.54, 1.807) is 19.3 Å². The van der Waals surface area contributed by atoms with Gasteiger partial charge < -0.3 is 14.2 Å². The average molecular weight is 501 g/mol. The molecule has 27 heavy (non-hydrogen) atoms. The summed E-state index contributed by atoms with van der Waals surface area (Å²) in [5, 5.41) is -0.268. The molecule has 1 aromatic rings. The Morgan fingerprint density at radius 2 is 2.11 bits per heavy atom. The van der Waals surface area contributed by atoms with Crippen LogP contribution >= 0.6 is 34.4 Å². The topological polar surface area (TPSA) is 65.1 Å². The SMILES string of the molecule is C#CCOc1c(I)cc(/C=C2/SC(=O)N(CCCOC)C2=O)cc1OCC. The van der Waals surface area contributed by atoms with Crippen LogP contribution in [0.2, 0.25) is 0 Å². The van der Waals surface area contributed by atoms with Crippen LogP contribution in [0.25, 0.3) is 6.08 Å². The summed E-state index contributed by atoms with van der Waals surface area (Å²) in [4.78, 5) is 26.2. The Bertz CT molecular complexity index is 787. The molecular weight excluding hydrogens is 481 g/mol. The Morgan fingerprint density at radius 3 is 2.78 bits per heavy atom. The number of methoxy groups -OCH3 is 1. The van der Waals surface area contributed by atoms with Gasteiger partial charge in [-0.25, -0.2) is 0 Å². The van der Waals surface area contributed by atoms with E-state index in [4.69, 9.17) is 20.6 Å². The minimum atomic E-state index is -0.290. The van der Waals surface area contributed by atoms with Gasteiger partial charge in [0.25, 0.3) is 11.1 Å². The number of amides is 2. The molecule has 1 aromatic carbocycles. The number of carbonyl (C=O) groups is 2. The minimum Gasteiger partial charge on any atom is -0.490 e. The fourth-order valence-electron chi connectivity index (χ4n) is 2.40. The molecule has 0 atom stereocenters. The summed E-state index contributed by atoms with van der Waals surface area (Å²) in [6, 6.07) is 3.63. The van der Waals surface area contributed by atoms with Crippen molar-refractivity contribution in [3.63, 3.8) is 0 Å². The van der Waals surface area contributed by atoms with Gasteiger partial charge in [-0.2, -0.15) is 0 Å². The van der Waals surface area contributed by atoms with E-state index in [1.165, 1.54) is 4.90 Å². The van der Waals surface area contributed by atoms with Crippen molar-refractivity contribution in [2.75, 3.05) is 33.5 Å². The number of hydrogen-bond donors (Lipinski definition) is 0. The first-order valence-electron chi connectivity index (χ1n) is 8.28. The van der Waals surface area contributed by atoms with Crippen LogP contribution in [0.1, 0.15) is 18.9 Å². The summed E-state index contributed by atoms with van der Waals surface area (Å²) in [6.45, 7) is 3.31. The largest absolute Gasteiger partial charge is 0.490 e. The molecule has 0 radical (unpaired) electrons. The van der Waals surface area contributed by atoms with Crippen molar-refractivity contribution in [1.82, 2.24) is 4.90 Å². The highest BCUT2D eigenvalue weighted by molar-refractivity contribution is 14.1. The molecule has 0 unspecified atom stereocenters. The second-order valence-electron chi connectivity index (χ2n) is 5.44. The predicted molar refractivity (Wildman–Crippen MR) is 114 cm³/mol. The number of rotatable bonds is 9. The van der Waals surface area contributed by atoms with Crippen LogP contribution in [0.5, 0.6) is 11.5 Å².